The predicted octanol–water partition coefficient (Wildman–Crippen LogP) is 0.609. The summed E-state index contributed by atoms with van der Waals surface area (Å²) in [5.74, 6) is -3.90. The summed E-state index contributed by atoms with van der Waals surface area (Å²) in [7, 11) is 1.76. The number of benzene rings is 1. The van der Waals surface area contributed by atoms with Gasteiger partial charge >= 0.3 is 5.97 Å². The Bertz CT molecular complexity index is 971. The molecule has 2 amide bonds. The summed E-state index contributed by atoms with van der Waals surface area (Å²) in [5.41, 5.74) is 0.651. The average molecular weight is 468 g/mol. The average Bonchev–Trinajstić information content (AvgIpc) is 2.94. The number of phenolic OH excluding ortho intramolecular Hbond substituents is 2. The van der Waals surface area contributed by atoms with E-state index < -0.39 is 35.4 Å². The Kier molecular flexibility index (Phi) is 6.68. The molecule has 32 heavy (non-hydrogen) atoms. The first-order valence-electron chi connectivity index (χ1n) is 10.1. The van der Waals surface area contributed by atoms with Crippen molar-refractivity contribution in [3.05, 3.63) is 34.0 Å². The van der Waals surface area contributed by atoms with E-state index in [1.54, 1.807) is 7.05 Å². The molecule has 1 aromatic carbocycles. The molecule has 0 aliphatic carbocycles. The van der Waals surface area contributed by atoms with Gasteiger partial charge in [-0.05, 0) is 31.7 Å². The van der Waals surface area contributed by atoms with Crippen LogP contribution in [-0.4, -0.2) is 86.8 Å². The molecule has 5 N–H and O–H groups in total. The number of β-lactam (4-membered cyclic amide) rings is 1. The third kappa shape index (κ3) is 4.13. The van der Waals surface area contributed by atoms with Crippen molar-refractivity contribution in [2.45, 2.75) is 26.0 Å². The van der Waals surface area contributed by atoms with Gasteiger partial charge in [-0.2, -0.15) is 0 Å². The van der Waals surface area contributed by atoms with E-state index in [2.05, 4.69) is 5.32 Å². The van der Waals surface area contributed by atoms with E-state index in [1.165, 1.54) is 17.9 Å². The number of aliphatic hydroxyl groups is 1. The fourth-order valence-corrected chi connectivity index (χ4v) is 4.62. The molecule has 2 heterocycles. The molecule has 0 saturated carbocycles. The lowest BCUT2D eigenvalue weighted by Crippen LogP contribution is -2.63. The molecule has 1 fully saturated rings. The predicted molar refractivity (Wildman–Crippen MR) is 114 cm³/mol. The van der Waals surface area contributed by atoms with Gasteiger partial charge in [0.15, 0.2) is 11.5 Å². The van der Waals surface area contributed by atoms with Gasteiger partial charge in [0.25, 0.3) is 5.91 Å². The molecule has 10 nitrogen and oxygen atoms in total. The van der Waals surface area contributed by atoms with E-state index in [9.17, 15) is 34.8 Å². The number of carboxylic acids is 1. The number of aliphatic hydroxyl groups excluding tert-OH is 1. The van der Waals surface area contributed by atoms with Crippen molar-refractivity contribution in [3.8, 4) is 11.5 Å². The SMILES string of the molecule is C[C@H]1C(CN(C)CCNC(=O)c2cc(O)c(O)c(Cl)c2)=C(C(=O)O)N2C(=O)[C@H]([C@@H](C)O)C12. The molecule has 1 aromatic rings. The fraction of sp³-hybridized carbons (Fsp3) is 0.476. The molecule has 1 unspecified atom stereocenters. The third-order valence-corrected chi connectivity index (χ3v) is 6.33. The first-order valence-corrected chi connectivity index (χ1v) is 10.5. The summed E-state index contributed by atoms with van der Waals surface area (Å²) < 4.78 is 0. The summed E-state index contributed by atoms with van der Waals surface area (Å²) in [5, 5.41) is 41.2. The minimum atomic E-state index is -1.18. The van der Waals surface area contributed by atoms with Crippen molar-refractivity contribution in [2.24, 2.45) is 11.8 Å². The molecule has 4 atom stereocenters. The first kappa shape index (κ1) is 23.8. The van der Waals surface area contributed by atoms with Crippen molar-refractivity contribution in [3.63, 3.8) is 0 Å². The number of fused-ring (bicyclic) bond motifs is 1. The van der Waals surface area contributed by atoms with Gasteiger partial charge in [0.05, 0.1) is 23.1 Å². The molecule has 0 radical (unpaired) electrons. The number of rotatable bonds is 8. The number of nitrogens with one attached hydrogen (secondary N) is 1. The summed E-state index contributed by atoms with van der Waals surface area (Å²) in [6, 6.07) is 1.97. The number of likely N-dealkylation sites (N-methyl/N-ethyl adjacent to an activating group) is 1. The van der Waals surface area contributed by atoms with Gasteiger partial charge in [0.1, 0.15) is 5.70 Å². The van der Waals surface area contributed by atoms with Gasteiger partial charge in [0, 0.05) is 31.1 Å². The molecule has 0 aromatic heterocycles. The van der Waals surface area contributed by atoms with Crippen LogP contribution in [0.15, 0.2) is 23.4 Å². The number of carboxylic acid groups (broad SMARTS) is 1. The topological polar surface area (TPSA) is 151 Å². The number of carbonyl (C=O) groups excluding carboxylic acids is 2. The number of phenols is 2. The van der Waals surface area contributed by atoms with E-state index in [-0.39, 0.29) is 47.2 Å². The second-order valence-electron chi connectivity index (χ2n) is 8.25. The van der Waals surface area contributed by atoms with Gasteiger partial charge in [-0.25, -0.2) is 4.79 Å². The van der Waals surface area contributed by atoms with Crippen molar-refractivity contribution in [1.29, 1.82) is 0 Å². The Morgan fingerprint density at radius 1 is 1.31 bits per heavy atom. The lowest BCUT2D eigenvalue weighted by Gasteiger charge is -2.46. The molecule has 2 aliphatic heterocycles. The highest BCUT2D eigenvalue weighted by atomic mass is 35.5. The van der Waals surface area contributed by atoms with Crippen LogP contribution in [0.1, 0.15) is 24.2 Å². The smallest absolute Gasteiger partial charge is 0.352 e. The largest absolute Gasteiger partial charge is 0.504 e. The molecule has 0 spiro atoms. The van der Waals surface area contributed by atoms with E-state index in [0.717, 1.165) is 6.07 Å². The second kappa shape index (κ2) is 8.97. The van der Waals surface area contributed by atoms with E-state index in [1.807, 2.05) is 11.8 Å². The van der Waals surface area contributed by atoms with Crippen LogP contribution in [0, 0.1) is 11.8 Å². The number of aromatic hydroxyl groups is 2. The van der Waals surface area contributed by atoms with Crippen LogP contribution in [0.2, 0.25) is 5.02 Å². The Morgan fingerprint density at radius 3 is 2.53 bits per heavy atom. The van der Waals surface area contributed by atoms with Crippen LogP contribution < -0.4 is 5.32 Å². The van der Waals surface area contributed by atoms with E-state index in [4.69, 9.17) is 11.6 Å². The third-order valence-electron chi connectivity index (χ3n) is 6.04. The number of aliphatic carboxylic acids is 1. The quantitative estimate of drug-likeness (QED) is 0.275. The number of nitrogens with zero attached hydrogens (tertiary/aromatic N) is 2. The maximum absolute atomic E-state index is 12.4. The summed E-state index contributed by atoms with van der Waals surface area (Å²) in [6.45, 7) is 4.26. The standard InChI is InChI=1S/C21H26ClN3O7/c1-9-12(17(21(31)32)25-16(9)15(10(2)26)20(25)30)8-24(3)5-4-23-19(29)11-6-13(22)18(28)14(27)7-11/h6-7,9-10,15-16,26-28H,4-5,8H2,1-3H3,(H,23,29)(H,31,32)/t9-,10+,15+,16?/m0/s1. The Balaban J connectivity index is 1.62. The minimum absolute atomic E-state index is 0.0329. The Labute approximate surface area is 189 Å². The second-order valence-corrected chi connectivity index (χ2v) is 8.66. The normalized spacial score (nSPS) is 23.2. The van der Waals surface area contributed by atoms with Gasteiger partial charge in [-0.15, -0.1) is 0 Å². The Hall–Kier alpha value is -2.82. The number of hydrogen-bond acceptors (Lipinski definition) is 7. The van der Waals surface area contributed by atoms with Crippen LogP contribution in [0.5, 0.6) is 11.5 Å². The van der Waals surface area contributed by atoms with Crippen molar-refractivity contribution >= 4 is 29.4 Å². The van der Waals surface area contributed by atoms with E-state index in [0.29, 0.717) is 12.1 Å². The zero-order valence-corrected chi connectivity index (χ0v) is 18.6. The van der Waals surface area contributed by atoms with Crippen LogP contribution >= 0.6 is 11.6 Å². The van der Waals surface area contributed by atoms with Crippen LogP contribution in [0.4, 0.5) is 0 Å². The van der Waals surface area contributed by atoms with Crippen molar-refractivity contribution in [2.75, 3.05) is 26.7 Å². The van der Waals surface area contributed by atoms with Crippen molar-refractivity contribution in [1.82, 2.24) is 15.1 Å². The lowest BCUT2D eigenvalue weighted by molar-refractivity contribution is -0.163. The van der Waals surface area contributed by atoms with Crippen LogP contribution in [0.25, 0.3) is 0 Å². The number of halogens is 1. The minimum Gasteiger partial charge on any atom is -0.504 e. The molecular formula is C21H26ClN3O7. The summed E-state index contributed by atoms with van der Waals surface area (Å²) in [4.78, 5) is 39.6. The van der Waals surface area contributed by atoms with E-state index >= 15 is 0 Å². The number of carbonyl (C=O) groups is 3. The maximum atomic E-state index is 12.4. The molecule has 174 valence electrons. The molecule has 1 saturated heterocycles. The van der Waals surface area contributed by atoms with Gasteiger partial charge in [-0.3, -0.25) is 9.59 Å². The molecular weight excluding hydrogens is 442 g/mol. The van der Waals surface area contributed by atoms with Crippen LogP contribution in [0.3, 0.4) is 0 Å². The lowest BCUT2D eigenvalue weighted by atomic mass is 9.77. The highest BCUT2D eigenvalue weighted by Gasteiger charge is 2.59. The molecule has 0 bridgehead atoms. The highest BCUT2D eigenvalue weighted by molar-refractivity contribution is 6.32. The monoisotopic (exact) mass is 467 g/mol. The van der Waals surface area contributed by atoms with Crippen LogP contribution in [-0.2, 0) is 9.59 Å². The Morgan fingerprint density at radius 2 is 1.97 bits per heavy atom. The molecule has 11 heteroatoms. The van der Waals surface area contributed by atoms with Crippen molar-refractivity contribution < 1.29 is 34.8 Å². The van der Waals surface area contributed by atoms with Gasteiger partial charge in [0.2, 0.25) is 5.91 Å². The molecule has 3 rings (SSSR count). The zero-order chi connectivity index (χ0) is 23.9. The maximum Gasteiger partial charge on any atom is 0.352 e. The number of amides is 2. The van der Waals surface area contributed by atoms with Gasteiger partial charge in [-0.1, -0.05) is 18.5 Å². The zero-order valence-electron chi connectivity index (χ0n) is 17.9. The number of hydrogen-bond donors (Lipinski definition) is 5. The van der Waals surface area contributed by atoms with Gasteiger partial charge < -0.3 is 35.5 Å². The fourth-order valence-electron chi connectivity index (χ4n) is 4.40. The first-order chi connectivity index (χ1) is 15.0. The summed E-state index contributed by atoms with van der Waals surface area (Å²) in [6.07, 6.45) is -0.860. The highest BCUT2D eigenvalue weighted by Crippen LogP contribution is 2.47. The summed E-state index contributed by atoms with van der Waals surface area (Å²) >= 11 is 5.77. The molecule has 2 aliphatic rings.